The molecule has 1 amide bonds. The summed E-state index contributed by atoms with van der Waals surface area (Å²) in [7, 11) is 0. The van der Waals surface area contributed by atoms with Crippen LogP contribution in [-0.4, -0.2) is 21.9 Å². The maximum absolute atomic E-state index is 12.0. The molecule has 0 saturated carbocycles. The summed E-state index contributed by atoms with van der Waals surface area (Å²) in [6, 6.07) is 12.8. The van der Waals surface area contributed by atoms with Crippen molar-refractivity contribution in [1.29, 1.82) is 0 Å². The molecule has 0 bridgehead atoms. The van der Waals surface area contributed by atoms with Crippen molar-refractivity contribution in [3.8, 4) is 5.75 Å². The van der Waals surface area contributed by atoms with E-state index in [2.05, 4.69) is 15.5 Å². The van der Waals surface area contributed by atoms with E-state index in [9.17, 15) is 4.79 Å². The van der Waals surface area contributed by atoms with Gasteiger partial charge in [0.15, 0.2) is 6.61 Å². The molecule has 0 fully saturated rings. The van der Waals surface area contributed by atoms with E-state index in [-0.39, 0.29) is 18.3 Å². The van der Waals surface area contributed by atoms with Crippen molar-refractivity contribution >= 4 is 35.0 Å². The number of nitrogens with zero attached hydrogens (tertiary/aromatic N) is 2. The summed E-state index contributed by atoms with van der Waals surface area (Å²) in [6.07, 6.45) is 0. The van der Waals surface area contributed by atoms with Gasteiger partial charge in [-0.25, -0.2) is 0 Å². The molecule has 8 heteroatoms. The van der Waals surface area contributed by atoms with Crippen molar-refractivity contribution in [2.45, 2.75) is 25.7 Å². The minimum atomic E-state index is -0.172. The van der Waals surface area contributed by atoms with Gasteiger partial charge in [0.1, 0.15) is 5.75 Å². The molecule has 0 spiro atoms. The highest BCUT2D eigenvalue weighted by atomic mass is 35.5. The van der Waals surface area contributed by atoms with Crippen LogP contribution in [0.3, 0.4) is 0 Å². The summed E-state index contributed by atoms with van der Waals surface area (Å²) < 4.78 is 11.2. The summed E-state index contributed by atoms with van der Waals surface area (Å²) in [6.45, 7) is 4.20. The highest BCUT2D eigenvalue weighted by Crippen LogP contribution is 2.22. The molecule has 1 heterocycles. The van der Waals surface area contributed by atoms with Gasteiger partial charge in [-0.15, -0.1) is 10.2 Å². The third-order valence-corrected chi connectivity index (χ3v) is 4.88. The molecular weight excluding hydrogens is 386 g/mol. The predicted octanol–water partition coefficient (Wildman–Crippen LogP) is 4.65. The van der Waals surface area contributed by atoms with Crippen LogP contribution in [-0.2, 0) is 11.4 Å². The number of hydrogen-bond donors (Lipinski definition) is 1. The fourth-order valence-corrected chi connectivity index (χ4v) is 2.94. The summed E-state index contributed by atoms with van der Waals surface area (Å²) in [5.41, 5.74) is 2.91. The van der Waals surface area contributed by atoms with E-state index in [1.165, 1.54) is 11.8 Å². The van der Waals surface area contributed by atoms with Crippen LogP contribution in [0.1, 0.15) is 17.0 Å². The second kappa shape index (κ2) is 8.92. The Labute approximate surface area is 166 Å². The minimum absolute atomic E-state index is 0.155. The van der Waals surface area contributed by atoms with E-state index in [4.69, 9.17) is 20.8 Å². The van der Waals surface area contributed by atoms with Gasteiger partial charge in [-0.3, -0.25) is 4.79 Å². The first kappa shape index (κ1) is 19.3. The SMILES string of the molecule is Cc1cccc(OCc2nnc(SCC(=O)Nc3ccc(Cl)cc3)o2)c1C. The third kappa shape index (κ3) is 5.48. The minimum Gasteiger partial charge on any atom is -0.484 e. The van der Waals surface area contributed by atoms with Crippen LogP contribution in [0.15, 0.2) is 52.1 Å². The first-order valence-electron chi connectivity index (χ1n) is 8.21. The number of ether oxygens (including phenoxy) is 1. The number of thioether (sulfide) groups is 1. The number of benzene rings is 2. The van der Waals surface area contributed by atoms with E-state index in [1.54, 1.807) is 24.3 Å². The molecule has 0 saturated heterocycles. The largest absolute Gasteiger partial charge is 0.484 e. The summed E-state index contributed by atoms with van der Waals surface area (Å²) in [4.78, 5) is 12.0. The fraction of sp³-hybridized carbons (Fsp3) is 0.211. The molecular formula is C19H18ClN3O3S. The average molecular weight is 404 g/mol. The van der Waals surface area contributed by atoms with Crippen LogP contribution < -0.4 is 10.1 Å². The fourth-order valence-electron chi connectivity index (χ4n) is 2.23. The zero-order valence-corrected chi connectivity index (χ0v) is 16.4. The third-order valence-electron chi connectivity index (χ3n) is 3.81. The zero-order chi connectivity index (χ0) is 19.2. The standard InChI is InChI=1S/C19H18ClN3O3S/c1-12-4-3-5-16(13(12)2)25-10-18-22-23-19(26-18)27-11-17(24)21-15-8-6-14(20)7-9-15/h3-9H,10-11H2,1-2H3,(H,21,24). The van der Waals surface area contributed by atoms with Crippen LogP contribution >= 0.6 is 23.4 Å². The van der Waals surface area contributed by atoms with Gasteiger partial charge in [0, 0.05) is 10.7 Å². The first-order chi connectivity index (χ1) is 13.0. The van der Waals surface area contributed by atoms with Gasteiger partial charge in [-0.1, -0.05) is 35.5 Å². The Kier molecular flexibility index (Phi) is 6.36. The van der Waals surface area contributed by atoms with Gasteiger partial charge < -0.3 is 14.5 Å². The molecule has 0 radical (unpaired) electrons. The number of aromatic nitrogens is 2. The van der Waals surface area contributed by atoms with E-state index >= 15 is 0 Å². The molecule has 0 aliphatic heterocycles. The molecule has 3 rings (SSSR count). The quantitative estimate of drug-likeness (QED) is 0.578. The summed E-state index contributed by atoms with van der Waals surface area (Å²) in [5, 5.41) is 11.6. The van der Waals surface area contributed by atoms with Crippen molar-refractivity contribution in [1.82, 2.24) is 10.2 Å². The summed E-state index contributed by atoms with van der Waals surface area (Å²) in [5.74, 6) is 1.12. The van der Waals surface area contributed by atoms with Gasteiger partial charge >= 0.3 is 0 Å². The lowest BCUT2D eigenvalue weighted by Gasteiger charge is -2.08. The van der Waals surface area contributed by atoms with Gasteiger partial charge in [0.25, 0.3) is 11.1 Å². The topological polar surface area (TPSA) is 77.2 Å². The number of hydrogen-bond acceptors (Lipinski definition) is 6. The Hall–Kier alpha value is -2.51. The number of nitrogens with one attached hydrogen (secondary N) is 1. The monoisotopic (exact) mass is 403 g/mol. The lowest BCUT2D eigenvalue weighted by atomic mass is 10.1. The van der Waals surface area contributed by atoms with Crippen molar-refractivity contribution in [2.24, 2.45) is 0 Å². The van der Waals surface area contributed by atoms with Crippen molar-refractivity contribution in [3.05, 3.63) is 64.5 Å². The van der Waals surface area contributed by atoms with Gasteiger partial charge in [-0.05, 0) is 55.3 Å². The molecule has 0 aliphatic carbocycles. The maximum atomic E-state index is 12.0. The molecule has 1 N–H and O–H groups in total. The normalized spacial score (nSPS) is 10.6. The van der Waals surface area contributed by atoms with Crippen LogP contribution in [0.4, 0.5) is 5.69 Å². The van der Waals surface area contributed by atoms with Gasteiger partial charge in [-0.2, -0.15) is 0 Å². The Morgan fingerprint density at radius 1 is 1.19 bits per heavy atom. The first-order valence-corrected chi connectivity index (χ1v) is 9.57. The molecule has 27 heavy (non-hydrogen) atoms. The number of amides is 1. The van der Waals surface area contributed by atoms with E-state index < -0.39 is 0 Å². The van der Waals surface area contributed by atoms with Crippen LogP contribution in [0.5, 0.6) is 5.75 Å². The lowest BCUT2D eigenvalue weighted by molar-refractivity contribution is -0.113. The second-order valence-electron chi connectivity index (χ2n) is 5.79. The van der Waals surface area contributed by atoms with Crippen molar-refractivity contribution < 1.29 is 13.9 Å². The number of carbonyl (C=O) groups excluding carboxylic acids is 1. The van der Waals surface area contributed by atoms with Crippen molar-refractivity contribution in [3.63, 3.8) is 0 Å². The molecule has 3 aromatic rings. The highest BCUT2D eigenvalue weighted by molar-refractivity contribution is 7.99. The number of anilines is 1. The Morgan fingerprint density at radius 3 is 2.74 bits per heavy atom. The molecule has 6 nitrogen and oxygen atoms in total. The van der Waals surface area contributed by atoms with Crippen LogP contribution in [0.2, 0.25) is 5.02 Å². The zero-order valence-electron chi connectivity index (χ0n) is 14.9. The summed E-state index contributed by atoms with van der Waals surface area (Å²) >= 11 is 6.98. The Morgan fingerprint density at radius 2 is 1.96 bits per heavy atom. The molecule has 1 aromatic heterocycles. The maximum Gasteiger partial charge on any atom is 0.277 e. The highest BCUT2D eigenvalue weighted by Gasteiger charge is 2.11. The van der Waals surface area contributed by atoms with E-state index in [0.29, 0.717) is 21.8 Å². The predicted molar refractivity (Wildman–Crippen MR) is 105 cm³/mol. The number of carbonyl (C=O) groups is 1. The molecule has 0 aliphatic rings. The number of aryl methyl sites for hydroxylation is 1. The second-order valence-corrected chi connectivity index (χ2v) is 7.16. The van der Waals surface area contributed by atoms with E-state index in [1.807, 2.05) is 32.0 Å². The van der Waals surface area contributed by atoms with E-state index in [0.717, 1.165) is 16.9 Å². The number of rotatable bonds is 7. The number of halogens is 1. The Balaban J connectivity index is 1.48. The van der Waals surface area contributed by atoms with Crippen molar-refractivity contribution in [2.75, 3.05) is 11.1 Å². The molecule has 2 aromatic carbocycles. The van der Waals surface area contributed by atoms with Gasteiger partial charge in [0.05, 0.1) is 5.75 Å². The lowest BCUT2D eigenvalue weighted by Crippen LogP contribution is -2.13. The van der Waals surface area contributed by atoms with Crippen LogP contribution in [0.25, 0.3) is 0 Å². The van der Waals surface area contributed by atoms with Crippen LogP contribution in [0, 0.1) is 13.8 Å². The molecule has 0 unspecified atom stereocenters. The average Bonchev–Trinajstić information content (AvgIpc) is 3.11. The van der Waals surface area contributed by atoms with Gasteiger partial charge in [0.2, 0.25) is 5.91 Å². The smallest absolute Gasteiger partial charge is 0.277 e. The molecule has 0 atom stereocenters. The Bertz CT molecular complexity index is 928. The molecule has 140 valence electrons.